The minimum atomic E-state index is -0.108. The molecule has 2 aromatic rings. The lowest BCUT2D eigenvalue weighted by Gasteiger charge is -2.45. The minimum absolute atomic E-state index is 0.0303. The van der Waals surface area contributed by atoms with Gasteiger partial charge in [-0.25, -0.2) is 0 Å². The van der Waals surface area contributed by atoms with Gasteiger partial charge in [-0.1, -0.05) is 36.1 Å². The maximum Gasteiger partial charge on any atom is 0.162 e. The van der Waals surface area contributed by atoms with Gasteiger partial charge in [-0.3, -0.25) is 14.4 Å². The first-order valence-electron chi connectivity index (χ1n) is 10.4. The van der Waals surface area contributed by atoms with Gasteiger partial charge in [0, 0.05) is 40.1 Å². The molecule has 0 radical (unpaired) electrons. The number of Topliss-reactive ketones (excluding diaryl/α,β-unsaturated/α-hetero) is 2. The van der Waals surface area contributed by atoms with E-state index in [0.717, 1.165) is 36.8 Å². The van der Waals surface area contributed by atoms with Crippen LogP contribution >= 0.6 is 0 Å². The lowest BCUT2D eigenvalue weighted by Crippen LogP contribution is -2.61. The molecule has 1 N–H and O–H groups in total. The van der Waals surface area contributed by atoms with Gasteiger partial charge in [-0.15, -0.1) is 0 Å². The van der Waals surface area contributed by atoms with Crippen LogP contribution in [0, 0.1) is 17.8 Å². The van der Waals surface area contributed by atoms with Crippen molar-refractivity contribution in [3.05, 3.63) is 70.8 Å². The molecule has 2 aromatic carbocycles. The van der Waals surface area contributed by atoms with E-state index in [0.29, 0.717) is 24.0 Å². The summed E-state index contributed by atoms with van der Waals surface area (Å²) in [4.78, 5) is 35.2. The molecule has 154 valence electrons. The van der Waals surface area contributed by atoms with Crippen LogP contribution in [-0.4, -0.2) is 29.9 Å². The number of rotatable bonds is 8. The van der Waals surface area contributed by atoms with E-state index in [-0.39, 0.29) is 23.0 Å². The van der Waals surface area contributed by atoms with Crippen molar-refractivity contribution in [2.75, 3.05) is 6.54 Å². The Morgan fingerprint density at radius 3 is 2.10 bits per heavy atom. The zero-order chi connectivity index (χ0) is 21.6. The van der Waals surface area contributed by atoms with Crippen LogP contribution in [0.5, 0.6) is 0 Å². The molecule has 0 spiro atoms. The Bertz CT molecular complexity index is 974. The third-order valence-corrected chi connectivity index (χ3v) is 5.93. The highest BCUT2D eigenvalue weighted by Crippen LogP contribution is 2.32. The molecule has 1 saturated heterocycles. The van der Waals surface area contributed by atoms with Crippen LogP contribution in [0.3, 0.4) is 0 Å². The maximum absolute atomic E-state index is 12.5. The van der Waals surface area contributed by atoms with Crippen LogP contribution < -0.4 is 5.32 Å². The van der Waals surface area contributed by atoms with E-state index in [9.17, 15) is 14.4 Å². The quantitative estimate of drug-likeness (QED) is 0.409. The van der Waals surface area contributed by atoms with Gasteiger partial charge < -0.3 is 5.32 Å². The van der Waals surface area contributed by atoms with Crippen LogP contribution in [0.2, 0.25) is 0 Å². The zero-order valence-electron chi connectivity index (χ0n) is 17.5. The van der Waals surface area contributed by atoms with Crippen molar-refractivity contribution < 1.29 is 14.4 Å². The molecule has 0 aromatic heterocycles. The lowest BCUT2D eigenvalue weighted by atomic mass is 9.73. The van der Waals surface area contributed by atoms with Crippen molar-refractivity contribution in [2.45, 2.75) is 45.1 Å². The fourth-order valence-electron chi connectivity index (χ4n) is 3.93. The highest BCUT2D eigenvalue weighted by molar-refractivity contribution is 5.96. The third-order valence-electron chi connectivity index (χ3n) is 5.93. The van der Waals surface area contributed by atoms with Crippen molar-refractivity contribution in [2.24, 2.45) is 5.92 Å². The first kappa shape index (κ1) is 21.7. The highest BCUT2D eigenvalue weighted by Gasteiger charge is 2.41. The summed E-state index contributed by atoms with van der Waals surface area (Å²) < 4.78 is 0. The van der Waals surface area contributed by atoms with Gasteiger partial charge in [0.15, 0.2) is 5.78 Å². The van der Waals surface area contributed by atoms with Gasteiger partial charge >= 0.3 is 0 Å². The Morgan fingerprint density at radius 2 is 1.63 bits per heavy atom. The molecule has 0 amide bonds. The third kappa shape index (κ3) is 5.31. The molecule has 30 heavy (non-hydrogen) atoms. The maximum atomic E-state index is 12.5. The SMILES string of the molecule is CC(=O)C(CCCC(=O)c1ccc(C#Cc2ccc(C=O)cc2)cc1)C1(C)CCN1. The van der Waals surface area contributed by atoms with Gasteiger partial charge in [0.1, 0.15) is 12.1 Å². The fraction of sp³-hybridized carbons (Fsp3) is 0.346. The van der Waals surface area contributed by atoms with Crippen LogP contribution in [-0.2, 0) is 4.79 Å². The van der Waals surface area contributed by atoms with Crippen molar-refractivity contribution in [3.8, 4) is 11.8 Å². The van der Waals surface area contributed by atoms with E-state index in [1.807, 2.05) is 24.3 Å². The van der Waals surface area contributed by atoms with E-state index in [4.69, 9.17) is 0 Å². The molecule has 4 heteroatoms. The molecule has 1 aliphatic rings. The molecule has 1 aliphatic heterocycles. The Kier molecular flexibility index (Phi) is 6.97. The average Bonchev–Trinajstić information content (AvgIpc) is 2.74. The second kappa shape index (κ2) is 9.65. The number of ketones is 2. The van der Waals surface area contributed by atoms with Gasteiger partial charge in [0.05, 0.1) is 0 Å². The Hall–Kier alpha value is -3.03. The summed E-state index contributed by atoms with van der Waals surface area (Å²) in [5, 5.41) is 3.37. The van der Waals surface area contributed by atoms with Crippen molar-refractivity contribution in [3.63, 3.8) is 0 Å². The molecular weight excluding hydrogens is 374 g/mol. The van der Waals surface area contributed by atoms with Crippen molar-refractivity contribution in [1.29, 1.82) is 0 Å². The summed E-state index contributed by atoms with van der Waals surface area (Å²) in [5.41, 5.74) is 2.84. The van der Waals surface area contributed by atoms with Crippen molar-refractivity contribution in [1.82, 2.24) is 5.32 Å². The first-order valence-corrected chi connectivity index (χ1v) is 10.4. The molecule has 0 aliphatic carbocycles. The molecule has 2 atom stereocenters. The minimum Gasteiger partial charge on any atom is -0.311 e. The van der Waals surface area contributed by atoms with Gasteiger partial charge in [0.25, 0.3) is 0 Å². The molecule has 1 fully saturated rings. The molecule has 3 rings (SSSR count). The highest BCUT2D eigenvalue weighted by atomic mass is 16.1. The lowest BCUT2D eigenvalue weighted by molar-refractivity contribution is -0.124. The van der Waals surface area contributed by atoms with Crippen molar-refractivity contribution >= 4 is 17.9 Å². The number of aldehydes is 1. The Balaban J connectivity index is 1.54. The summed E-state index contributed by atoms with van der Waals surface area (Å²) in [6.07, 6.45) is 3.69. The van der Waals surface area contributed by atoms with Crippen LogP contribution in [0.15, 0.2) is 48.5 Å². The molecule has 0 saturated carbocycles. The molecule has 4 nitrogen and oxygen atoms in total. The smallest absolute Gasteiger partial charge is 0.162 e. The first-order chi connectivity index (χ1) is 14.4. The van der Waals surface area contributed by atoms with E-state index in [2.05, 4.69) is 24.1 Å². The molecule has 0 bridgehead atoms. The number of hydrogen-bond donors (Lipinski definition) is 1. The van der Waals surface area contributed by atoms with Gasteiger partial charge in [-0.05, 0) is 63.9 Å². The molecule has 2 unspecified atom stereocenters. The topological polar surface area (TPSA) is 63.2 Å². The number of nitrogens with one attached hydrogen (secondary N) is 1. The number of benzene rings is 2. The fourth-order valence-corrected chi connectivity index (χ4v) is 3.93. The summed E-state index contributed by atoms with van der Waals surface area (Å²) in [7, 11) is 0. The largest absolute Gasteiger partial charge is 0.311 e. The summed E-state index contributed by atoms with van der Waals surface area (Å²) in [6.45, 7) is 4.70. The number of hydrogen-bond acceptors (Lipinski definition) is 4. The Morgan fingerprint density at radius 1 is 1.07 bits per heavy atom. The normalized spacial score (nSPS) is 18.5. The summed E-state index contributed by atoms with van der Waals surface area (Å²) in [5.74, 6) is 6.38. The van der Waals surface area contributed by atoms with Crippen LogP contribution in [0.25, 0.3) is 0 Å². The second-order valence-corrected chi connectivity index (χ2v) is 8.14. The standard InChI is InChI=1S/C26H27NO3/c1-19(29)24(26(2)16-17-27-26)4-3-5-25(30)23-14-12-21(13-15-23)7-6-20-8-10-22(18-28)11-9-20/h8-15,18,24,27H,3-5,16-17H2,1-2H3. The summed E-state index contributed by atoms with van der Waals surface area (Å²) >= 11 is 0. The van der Waals surface area contributed by atoms with E-state index < -0.39 is 0 Å². The number of carbonyl (C=O) groups is 3. The van der Waals surface area contributed by atoms with Crippen LogP contribution in [0.4, 0.5) is 0 Å². The molecule has 1 heterocycles. The monoisotopic (exact) mass is 401 g/mol. The predicted octanol–water partition coefficient (Wildman–Crippen LogP) is 4.21. The second-order valence-electron chi connectivity index (χ2n) is 8.14. The number of carbonyl (C=O) groups excluding carboxylic acids is 3. The average molecular weight is 402 g/mol. The van der Waals surface area contributed by atoms with Gasteiger partial charge in [0.2, 0.25) is 0 Å². The Labute approximate surface area is 178 Å². The predicted molar refractivity (Wildman–Crippen MR) is 118 cm³/mol. The van der Waals surface area contributed by atoms with E-state index in [1.165, 1.54) is 0 Å². The van der Waals surface area contributed by atoms with Gasteiger partial charge in [-0.2, -0.15) is 0 Å². The molecular formula is C26H27NO3. The zero-order valence-corrected chi connectivity index (χ0v) is 17.5. The summed E-state index contributed by atoms with van der Waals surface area (Å²) in [6, 6.07) is 14.4. The van der Waals surface area contributed by atoms with E-state index in [1.54, 1.807) is 31.2 Å². The van der Waals surface area contributed by atoms with Crippen LogP contribution in [0.1, 0.15) is 71.4 Å². The van der Waals surface area contributed by atoms with E-state index >= 15 is 0 Å².